The van der Waals surface area contributed by atoms with Gasteiger partial charge in [-0.2, -0.15) is 0 Å². The summed E-state index contributed by atoms with van der Waals surface area (Å²) in [6, 6.07) is 5.65. The van der Waals surface area contributed by atoms with E-state index in [1.54, 1.807) is 51.9 Å². The van der Waals surface area contributed by atoms with Gasteiger partial charge < -0.3 is 19.6 Å². The van der Waals surface area contributed by atoms with E-state index in [0.717, 1.165) is 32.1 Å². The molecule has 0 saturated carbocycles. The van der Waals surface area contributed by atoms with Crippen LogP contribution in [0.15, 0.2) is 49.6 Å². The number of esters is 1. The highest BCUT2D eigenvalue weighted by molar-refractivity contribution is 8.02. The minimum atomic E-state index is -0.827. The van der Waals surface area contributed by atoms with Crippen LogP contribution in [0.3, 0.4) is 0 Å². The molecule has 0 aromatic heterocycles. The zero-order valence-electron chi connectivity index (χ0n) is 23.5. The molecular weight excluding hydrogens is 548 g/mol. The van der Waals surface area contributed by atoms with Crippen LogP contribution >= 0.6 is 23.4 Å². The molecule has 1 spiro atoms. The maximum absolute atomic E-state index is 14.6. The zero-order valence-corrected chi connectivity index (χ0v) is 25.0. The van der Waals surface area contributed by atoms with Crippen LogP contribution < -0.4 is 4.90 Å². The number of carbonyl (C=O) groups excluding carboxylic acids is 3. The number of thioether (sulfide) groups is 1. The van der Waals surface area contributed by atoms with Crippen molar-refractivity contribution in [1.29, 1.82) is 0 Å². The number of hydrogen-bond acceptors (Lipinski definition) is 6. The van der Waals surface area contributed by atoms with Gasteiger partial charge in [0.05, 0.1) is 35.8 Å². The number of nitrogens with zero attached hydrogens (tertiary/aromatic N) is 2. The predicted octanol–water partition coefficient (Wildman–Crippen LogP) is 5.26. The van der Waals surface area contributed by atoms with Crippen molar-refractivity contribution in [1.82, 2.24) is 4.90 Å². The van der Waals surface area contributed by atoms with Crippen LogP contribution in [0, 0.1) is 17.8 Å². The molecule has 2 unspecified atom stereocenters. The number of aliphatic hydroxyl groups excluding tert-OH is 1. The van der Waals surface area contributed by atoms with E-state index in [-0.39, 0.29) is 42.1 Å². The number of hydrogen-bond donors (Lipinski definition) is 1. The van der Waals surface area contributed by atoms with Crippen molar-refractivity contribution >= 4 is 46.8 Å². The van der Waals surface area contributed by atoms with Crippen LogP contribution in [0.1, 0.15) is 52.4 Å². The highest BCUT2D eigenvalue weighted by atomic mass is 35.5. The topological polar surface area (TPSA) is 87.1 Å². The summed E-state index contributed by atoms with van der Waals surface area (Å²) in [6.07, 6.45) is 8.09. The minimum absolute atomic E-state index is 0.0414. The van der Waals surface area contributed by atoms with Gasteiger partial charge in [-0.05, 0) is 62.3 Å². The summed E-state index contributed by atoms with van der Waals surface area (Å²) in [5, 5.41) is 11.0. The highest BCUT2D eigenvalue weighted by Gasteiger charge is 2.75. The third-order valence-corrected chi connectivity index (χ3v) is 11.1. The molecule has 0 aliphatic carbocycles. The molecule has 0 radical (unpaired) electrons. The van der Waals surface area contributed by atoms with Gasteiger partial charge in [0.25, 0.3) is 5.91 Å². The van der Waals surface area contributed by atoms with Gasteiger partial charge in [0.2, 0.25) is 5.91 Å². The molecular formula is C31H41ClN2O5S. The van der Waals surface area contributed by atoms with Crippen molar-refractivity contribution in [3.63, 3.8) is 0 Å². The predicted molar refractivity (Wildman–Crippen MR) is 160 cm³/mol. The number of rotatable bonds is 14. The highest BCUT2D eigenvalue weighted by Crippen LogP contribution is 2.67. The van der Waals surface area contributed by atoms with Crippen molar-refractivity contribution < 1.29 is 24.2 Å². The number of aliphatic hydroxyl groups is 1. The first-order chi connectivity index (χ1) is 19.2. The minimum Gasteiger partial charge on any atom is -0.465 e. The molecule has 1 aromatic rings. The molecule has 3 aliphatic rings. The van der Waals surface area contributed by atoms with Crippen LogP contribution in [0.2, 0.25) is 5.02 Å². The second kappa shape index (κ2) is 13.1. The summed E-state index contributed by atoms with van der Waals surface area (Å²) in [6.45, 7) is 11.9. The van der Waals surface area contributed by atoms with Gasteiger partial charge in [0.1, 0.15) is 6.04 Å². The van der Waals surface area contributed by atoms with Crippen LogP contribution in [-0.4, -0.2) is 69.6 Å². The van der Waals surface area contributed by atoms with Gasteiger partial charge in [-0.25, -0.2) is 0 Å². The lowest BCUT2D eigenvalue weighted by Crippen LogP contribution is -2.58. The monoisotopic (exact) mass is 588 g/mol. The normalized spacial score (nSPS) is 28.2. The smallest absolute Gasteiger partial charge is 0.310 e. The van der Waals surface area contributed by atoms with Crippen LogP contribution in [0.5, 0.6) is 0 Å². The number of likely N-dealkylation sites (tertiary alicyclic amines) is 1. The van der Waals surface area contributed by atoms with E-state index in [1.165, 1.54) is 0 Å². The van der Waals surface area contributed by atoms with E-state index in [1.807, 2.05) is 19.9 Å². The average molecular weight is 589 g/mol. The number of amides is 2. The Balaban J connectivity index is 1.73. The van der Waals surface area contributed by atoms with Gasteiger partial charge in [0.15, 0.2) is 0 Å². The number of carbonyl (C=O) groups is 3. The molecule has 9 heteroatoms. The van der Waals surface area contributed by atoms with Crippen molar-refractivity contribution in [3.8, 4) is 0 Å². The lowest BCUT2D eigenvalue weighted by atomic mass is 9.71. The number of allylic oxidation sites excluding steroid dienone is 1. The molecule has 2 bridgehead atoms. The Kier molecular flexibility index (Phi) is 10.1. The number of halogens is 1. The molecule has 40 heavy (non-hydrogen) atoms. The van der Waals surface area contributed by atoms with E-state index in [9.17, 15) is 19.5 Å². The third kappa shape index (κ3) is 5.47. The molecule has 218 valence electrons. The summed E-state index contributed by atoms with van der Waals surface area (Å²) < 4.78 is 4.94. The van der Waals surface area contributed by atoms with Crippen molar-refractivity contribution in [2.75, 3.05) is 24.7 Å². The third-order valence-electron chi connectivity index (χ3n) is 8.85. The molecule has 7 nitrogen and oxygen atoms in total. The largest absolute Gasteiger partial charge is 0.465 e. The second-order valence-corrected chi connectivity index (χ2v) is 13.1. The lowest BCUT2D eigenvalue weighted by molar-refractivity contribution is -0.155. The fourth-order valence-corrected chi connectivity index (χ4v) is 9.00. The summed E-state index contributed by atoms with van der Waals surface area (Å²) in [7, 11) is 0. The summed E-state index contributed by atoms with van der Waals surface area (Å²) in [4.78, 5) is 45.7. The van der Waals surface area contributed by atoms with Crippen LogP contribution in [-0.2, 0) is 19.1 Å². The van der Waals surface area contributed by atoms with E-state index < -0.39 is 28.7 Å². The first kappa shape index (κ1) is 30.7. The summed E-state index contributed by atoms with van der Waals surface area (Å²) >= 11 is 7.73. The van der Waals surface area contributed by atoms with E-state index in [2.05, 4.69) is 13.2 Å². The Morgan fingerprint density at radius 3 is 2.62 bits per heavy atom. The Labute approximate surface area is 246 Å². The molecule has 7 atom stereocenters. The number of unbranched alkanes of at least 4 members (excludes halogenated alkanes) is 2. The van der Waals surface area contributed by atoms with Gasteiger partial charge >= 0.3 is 5.97 Å². The maximum Gasteiger partial charge on any atom is 0.310 e. The number of fused-ring (bicyclic) bond motifs is 1. The van der Waals surface area contributed by atoms with Crippen molar-refractivity contribution in [3.05, 3.63) is 54.6 Å². The SMILES string of the molecule is C=CCCCCOC(=O)[C@@H]1[C@H]2C(=O)N([C@@H](CO)[C@@H](C)CC)C(C(=O)N(CC=C)c3ccc(Cl)cc3)C23CC[C@H]1S3. The molecule has 2 amide bonds. The van der Waals surface area contributed by atoms with E-state index in [0.29, 0.717) is 23.7 Å². The number of anilines is 1. The fourth-order valence-electron chi connectivity index (χ4n) is 6.69. The standard InChI is InChI=1S/C31H41ClN2O5S/c1-5-8-9-10-18-39-30(38)25-24-15-16-31(40-24)26(25)28(36)34(23(19-35)20(4)7-3)27(31)29(37)33(17-6-2)22-13-11-21(32)12-14-22/h5-6,11-14,20,23-27,35H,1-2,7-10,15-19H2,3-4H3/t20-,23-,24+,25-,26-,27?,31?/m0/s1. The van der Waals surface area contributed by atoms with Crippen molar-refractivity contribution in [2.24, 2.45) is 17.8 Å². The molecule has 3 saturated heterocycles. The maximum atomic E-state index is 14.6. The molecule has 1 aromatic carbocycles. The van der Waals surface area contributed by atoms with E-state index >= 15 is 0 Å². The summed E-state index contributed by atoms with van der Waals surface area (Å²) in [5.41, 5.74) is 0.652. The molecule has 4 rings (SSSR count). The first-order valence-electron chi connectivity index (χ1n) is 14.3. The first-order valence-corrected chi connectivity index (χ1v) is 15.6. The van der Waals surface area contributed by atoms with Gasteiger partial charge in [-0.15, -0.1) is 24.9 Å². The molecule has 3 fully saturated rings. The van der Waals surface area contributed by atoms with E-state index in [4.69, 9.17) is 16.3 Å². The Bertz CT molecular complexity index is 1110. The van der Waals surface area contributed by atoms with Crippen LogP contribution in [0.4, 0.5) is 5.69 Å². The average Bonchev–Trinajstić information content (AvgIpc) is 3.60. The molecule has 1 N–H and O–H groups in total. The van der Waals surface area contributed by atoms with Crippen LogP contribution in [0.25, 0.3) is 0 Å². The fraction of sp³-hybridized carbons (Fsp3) is 0.581. The molecule has 3 heterocycles. The Morgan fingerprint density at radius 1 is 1.27 bits per heavy atom. The quantitative estimate of drug-likeness (QED) is 0.181. The zero-order chi connectivity index (χ0) is 29.0. The Morgan fingerprint density at radius 2 is 2.00 bits per heavy atom. The number of ether oxygens (including phenoxy) is 1. The molecule has 3 aliphatic heterocycles. The van der Waals surface area contributed by atoms with Gasteiger partial charge in [0, 0.05) is 22.5 Å². The lowest BCUT2D eigenvalue weighted by Gasteiger charge is -2.41. The number of benzene rings is 1. The second-order valence-electron chi connectivity index (χ2n) is 11.1. The summed E-state index contributed by atoms with van der Waals surface area (Å²) in [5.74, 6) is -2.12. The van der Waals surface area contributed by atoms with Gasteiger partial charge in [-0.3, -0.25) is 14.4 Å². The van der Waals surface area contributed by atoms with Gasteiger partial charge in [-0.1, -0.05) is 44.0 Å². The van der Waals surface area contributed by atoms with Crippen molar-refractivity contribution in [2.45, 2.75) is 74.5 Å². The Hall–Kier alpha value is -2.29.